The molecule has 0 radical (unpaired) electrons. The summed E-state index contributed by atoms with van der Waals surface area (Å²) in [5, 5.41) is 7.98. The number of fused-ring (bicyclic) bond motifs is 1. The molecule has 3 rings (SSSR count). The number of halogens is 1. The number of benzene rings is 1. The van der Waals surface area contributed by atoms with Crippen molar-refractivity contribution in [2.24, 2.45) is 7.05 Å². The van der Waals surface area contributed by atoms with E-state index in [9.17, 15) is 0 Å². The van der Waals surface area contributed by atoms with E-state index < -0.39 is 0 Å². The van der Waals surface area contributed by atoms with Crippen LogP contribution in [0.3, 0.4) is 0 Å². The maximum atomic E-state index is 5.76. The van der Waals surface area contributed by atoms with Gasteiger partial charge in [0, 0.05) is 48.4 Å². The van der Waals surface area contributed by atoms with Crippen molar-refractivity contribution in [3.8, 4) is 5.75 Å². The van der Waals surface area contributed by atoms with Crippen LogP contribution in [0, 0.1) is 0 Å². The van der Waals surface area contributed by atoms with E-state index in [-0.39, 0.29) is 0 Å². The first kappa shape index (κ1) is 14.6. The monoisotopic (exact) mass is 349 g/mol. The Morgan fingerprint density at radius 3 is 2.95 bits per heavy atom. The Balaban J connectivity index is 1.68. The van der Waals surface area contributed by atoms with Gasteiger partial charge in [0.15, 0.2) is 0 Å². The molecule has 0 unspecified atom stereocenters. The number of nitrogens with zero attached hydrogens (tertiary/aromatic N) is 2. The van der Waals surface area contributed by atoms with Gasteiger partial charge in [-0.1, -0.05) is 22.9 Å². The Morgan fingerprint density at radius 2 is 2.14 bits per heavy atom. The highest BCUT2D eigenvalue weighted by Gasteiger charge is 2.17. The van der Waals surface area contributed by atoms with Gasteiger partial charge in [0.1, 0.15) is 5.75 Å². The molecule has 1 aliphatic rings. The van der Waals surface area contributed by atoms with Gasteiger partial charge in [0.2, 0.25) is 0 Å². The van der Waals surface area contributed by atoms with Crippen molar-refractivity contribution in [3.05, 3.63) is 45.2 Å². The third-order valence-electron chi connectivity index (χ3n) is 3.78. The summed E-state index contributed by atoms with van der Waals surface area (Å²) in [6, 6.07) is 4.29. The van der Waals surface area contributed by atoms with Crippen LogP contribution >= 0.6 is 15.9 Å². The van der Waals surface area contributed by atoms with Crippen LogP contribution in [-0.2, 0) is 33.0 Å². The summed E-state index contributed by atoms with van der Waals surface area (Å²) in [7, 11) is 1.97. The highest BCUT2D eigenvalue weighted by Crippen LogP contribution is 2.32. The van der Waals surface area contributed by atoms with E-state index in [1.807, 2.05) is 11.7 Å². The van der Waals surface area contributed by atoms with Gasteiger partial charge in [-0.3, -0.25) is 4.68 Å². The Labute approximate surface area is 133 Å². The lowest BCUT2D eigenvalue weighted by molar-refractivity contribution is 0.352. The van der Waals surface area contributed by atoms with Crippen LogP contribution in [0.5, 0.6) is 5.75 Å². The third-order valence-corrected chi connectivity index (χ3v) is 4.24. The summed E-state index contributed by atoms with van der Waals surface area (Å²) in [5.41, 5.74) is 4.96. The molecule has 112 valence electrons. The maximum Gasteiger partial charge on any atom is 0.127 e. The third kappa shape index (κ3) is 3.14. The first-order valence-electron chi connectivity index (χ1n) is 7.33. The molecule has 1 aromatic heterocycles. The molecule has 4 nitrogen and oxygen atoms in total. The fraction of sp³-hybridized carbons (Fsp3) is 0.438. The average Bonchev–Trinajstić information content (AvgIpc) is 3.04. The zero-order chi connectivity index (χ0) is 14.8. The van der Waals surface area contributed by atoms with Gasteiger partial charge in [0.05, 0.1) is 12.3 Å². The molecule has 1 aromatic carbocycles. The predicted molar refractivity (Wildman–Crippen MR) is 86.5 cm³/mol. The number of aryl methyl sites for hydroxylation is 2. The van der Waals surface area contributed by atoms with Crippen LogP contribution in [0.2, 0.25) is 0 Å². The second kappa shape index (κ2) is 6.20. The van der Waals surface area contributed by atoms with Crippen molar-refractivity contribution >= 4 is 15.9 Å². The lowest BCUT2D eigenvalue weighted by Crippen LogP contribution is -2.14. The van der Waals surface area contributed by atoms with Gasteiger partial charge < -0.3 is 10.1 Å². The van der Waals surface area contributed by atoms with Gasteiger partial charge in [-0.15, -0.1) is 0 Å². The van der Waals surface area contributed by atoms with Crippen LogP contribution in [0.4, 0.5) is 0 Å². The van der Waals surface area contributed by atoms with E-state index in [2.05, 4.69) is 51.6 Å². The van der Waals surface area contributed by atoms with E-state index in [0.29, 0.717) is 0 Å². The number of aromatic nitrogens is 2. The second-order valence-corrected chi connectivity index (χ2v) is 6.30. The Kier molecular flexibility index (Phi) is 4.31. The summed E-state index contributed by atoms with van der Waals surface area (Å²) in [6.45, 7) is 4.57. The lowest BCUT2D eigenvalue weighted by Gasteiger charge is -2.10. The standard InChI is InChI=1S/C16H20BrN3O/c1-3-15-13(10-20(2)19-15)9-18-8-12-7-14(17)6-11-4-5-21-16(11)12/h6-7,10,18H,3-5,8-9H2,1-2H3. The van der Waals surface area contributed by atoms with Gasteiger partial charge in [-0.2, -0.15) is 5.10 Å². The molecule has 0 aliphatic carbocycles. The van der Waals surface area contributed by atoms with Crippen LogP contribution in [-0.4, -0.2) is 16.4 Å². The van der Waals surface area contributed by atoms with Crippen molar-refractivity contribution < 1.29 is 4.74 Å². The van der Waals surface area contributed by atoms with Crippen LogP contribution in [0.25, 0.3) is 0 Å². The lowest BCUT2D eigenvalue weighted by atomic mass is 10.1. The SMILES string of the molecule is CCc1nn(C)cc1CNCc1cc(Br)cc2c1OCC2. The first-order chi connectivity index (χ1) is 10.2. The number of hydrogen-bond donors (Lipinski definition) is 1. The Hall–Kier alpha value is -1.33. The smallest absolute Gasteiger partial charge is 0.127 e. The summed E-state index contributed by atoms with van der Waals surface area (Å²) < 4.78 is 8.77. The Bertz CT molecular complexity index is 651. The molecule has 21 heavy (non-hydrogen) atoms. The minimum absolute atomic E-state index is 0.793. The van der Waals surface area contributed by atoms with E-state index in [0.717, 1.165) is 42.8 Å². The van der Waals surface area contributed by atoms with Gasteiger partial charge in [-0.05, 0) is 24.1 Å². The number of nitrogens with one attached hydrogen (secondary N) is 1. The number of hydrogen-bond acceptors (Lipinski definition) is 3. The molecule has 0 saturated heterocycles. The van der Waals surface area contributed by atoms with Crippen LogP contribution in [0.1, 0.15) is 29.3 Å². The van der Waals surface area contributed by atoms with Gasteiger partial charge >= 0.3 is 0 Å². The molecular formula is C16H20BrN3O. The second-order valence-electron chi connectivity index (χ2n) is 5.38. The molecule has 1 N–H and O–H groups in total. The fourth-order valence-corrected chi connectivity index (χ4v) is 3.39. The molecular weight excluding hydrogens is 330 g/mol. The quantitative estimate of drug-likeness (QED) is 0.901. The summed E-state index contributed by atoms with van der Waals surface area (Å²) in [5.74, 6) is 1.06. The van der Waals surface area contributed by atoms with E-state index in [1.54, 1.807) is 0 Å². The van der Waals surface area contributed by atoms with Crippen molar-refractivity contribution in [2.75, 3.05) is 6.61 Å². The number of ether oxygens (including phenoxy) is 1. The molecule has 0 bridgehead atoms. The van der Waals surface area contributed by atoms with Crippen molar-refractivity contribution in [3.63, 3.8) is 0 Å². The molecule has 0 spiro atoms. The highest BCUT2D eigenvalue weighted by molar-refractivity contribution is 9.10. The molecule has 2 heterocycles. The van der Waals surface area contributed by atoms with E-state index in [4.69, 9.17) is 4.74 Å². The molecule has 0 amide bonds. The fourth-order valence-electron chi connectivity index (χ4n) is 2.84. The maximum absolute atomic E-state index is 5.76. The molecule has 0 saturated carbocycles. The van der Waals surface area contributed by atoms with Gasteiger partial charge in [-0.25, -0.2) is 0 Å². The van der Waals surface area contributed by atoms with Crippen LogP contribution in [0.15, 0.2) is 22.8 Å². The molecule has 1 aliphatic heterocycles. The number of rotatable bonds is 5. The van der Waals surface area contributed by atoms with Crippen molar-refractivity contribution in [1.82, 2.24) is 15.1 Å². The minimum Gasteiger partial charge on any atom is -0.493 e. The molecule has 0 fully saturated rings. The first-order valence-corrected chi connectivity index (χ1v) is 8.13. The zero-order valence-electron chi connectivity index (χ0n) is 12.4. The molecule has 5 heteroatoms. The topological polar surface area (TPSA) is 39.1 Å². The average molecular weight is 350 g/mol. The summed E-state index contributed by atoms with van der Waals surface area (Å²) >= 11 is 3.58. The summed E-state index contributed by atoms with van der Waals surface area (Å²) in [6.07, 6.45) is 4.06. The Morgan fingerprint density at radius 1 is 1.33 bits per heavy atom. The predicted octanol–water partition coefficient (Wildman–Crippen LogP) is 2.97. The molecule has 2 aromatic rings. The van der Waals surface area contributed by atoms with Crippen LogP contribution < -0.4 is 10.1 Å². The van der Waals surface area contributed by atoms with E-state index in [1.165, 1.54) is 22.4 Å². The molecule has 0 atom stereocenters. The normalized spacial score (nSPS) is 13.3. The minimum atomic E-state index is 0.793. The van der Waals surface area contributed by atoms with Crippen molar-refractivity contribution in [2.45, 2.75) is 32.9 Å². The van der Waals surface area contributed by atoms with Gasteiger partial charge in [0.25, 0.3) is 0 Å². The van der Waals surface area contributed by atoms with E-state index >= 15 is 0 Å². The largest absolute Gasteiger partial charge is 0.493 e. The van der Waals surface area contributed by atoms with Crippen molar-refractivity contribution in [1.29, 1.82) is 0 Å². The zero-order valence-corrected chi connectivity index (χ0v) is 14.0. The highest BCUT2D eigenvalue weighted by atomic mass is 79.9. The summed E-state index contributed by atoms with van der Waals surface area (Å²) in [4.78, 5) is 0.